The normalized spacial score (nSPS) is 16.1. The van der Waals surface area contributed by atoms with Crippen LogP contribution < -0.4 is 10.1 Å². The molecule has 100 valence electrons. The Kier molecular flexibility index (Phi) is 2.49. The first-order chi connectivity index (χ1) is 9.81. The van der Waals surface area contributed by atoms with Gasteiger partial charge in [0.1, 0.15) is 11.6 Å². The predicted molar refractivity (Wildman–Crippen MR) is 75.8 cm³/mol. The molecule has 0 unspecified atom stereocenters. The molecule has 4 heteroatoms. The summed E-state index contributed by atoms with van der Waals surface area (Å²) >= 11 is 0. The van der Waals surface area contributed by atoms with E-state index >= 15 is 0 Å². The van der Waals surface area contributed by atoms with Crippen LogP contribution in [0, 0.1) is 0 Å². The van der Waals surface area contributed by atoms with Gasteiger partial charge in [0.2, 0.25) is 5.91 Å². The van der Waals surface area contributed by atoms with Crippen LogP contribution in [0.15, 0.2) is 30.5 Å². The van der Waals surface area contributed by atoms with Crippen molar-refractivity contribution in [3.63, 3.8) is 0 Å². The van der Waals surface area contributed by atoms with Crippen molar-refractivity contribution in [2.24, 2.45) is 0 Å². The Labute approximate surface area is 116 Å². The minimum absolute atomic E-state index is 0.0102. The lowest BCUT2D eigenvalue weighted by Crippen LogP contribution is -2.09. The van der Waals surface area contributed by atoms with E-state index in [2.05, 4.69) is 28.5 Å². The summed E-state index contributed by atoms with van der Waals surface area (Å²) in [5.74, 6) is 1.67. The Bertz CT molecular complexity index is 710. The molecule has 1 amide bonds. The van der Waals surface area contributed by atoms with Gasteiger partial charge in [-0.3, -0.25) is 4.79 Å². The molecule has 0 atom stereocenters. The van der Waals surface area contributed by atoms with Crippen molar-refractivity contribution in [1.82, 2.24) is 4.98 Å². The number of para-hydroxylation sites is 1. The molecular weight excluding hydrogens is 252 g/mol. The fourth-order valence-corrected chi connectivity index (χ4v) is 2.87. The van der Waals surface area contributed by atoms with Crippen molar-refractivity contribution in [2.75, 3.05) is 11.9 Å². The van der Waals surface area contributed by atoms with Crippen LogP contribution in [0.25, 0.3) is 11.1 Å². The van der Waals surface area contributed by atoms with Crippen molar-refractivity contribution in [2.45, 2.75) is 19.3 Å². The predicted octanol–water partition coefficient (Wildman–Crippen LogP) is 2.57. The number of carbonyl (C=O) groups excluding carboxylic acids is 1. The standard InChI is InChI=1S/C16H14N2O2/c19-14-8-11-7-12(9-17-16(11)18-14)13-5-1-3-10-4-2-6-20-15(10)13/h1,3,5,7,9H,2,4,6,8H2,(H,17,18,19). The highest BCUT2D eigenvalue weighted by Gasteiger charge is 2.21. The van der Waals surface area contributed by atoms with Crippen LogP contribution in [0.2, 0.25) is 0 Å². The SMILES string of the molecule is O=C1Cc2cc(-c3cccc4c3OCCC4)cnc2N1. The highest BCUT2D eigenvalue weighted by atomic mass is 16.5. The van der Waals surface area contributed by atoms with Gasteiger partial charge in [0.25, 0.3) is 0 Å². The highest BCUT2D eigenvalue weighted by molar-refractivity contribution is 5.98. The van der Waals surface area contributed by atoms with Gasteiger partial charge in [0.05, 0.1) is 13.0 Å². The maximum atomic E-state index is 11.4. The Balaban J connectivity index is 1.82. The topological polar surface area (TPSA) is 51.2 Å². The van der Waals surface area contributed by atoms with E-state index in [1.165, 1.54) is 5.56 Å². The smallest absolute Gasteiger partial charge is 0.230 e. The van der Waals surface area contributed by atoms with E-state index < -0.39 is 0 Å². The van der Waals surface area contributed by atoms with Crippen LogP contribution in [-0.4, -0.2) is 17.5 Å². The molecule has 0 aliphatic carbocycles. The summed E-state index contributed by atoms with van der Waals surface area (Å²) in [5, 5.41) is 2.76. The maximum Gasteiger partial charge on any atom is 0.230 e. The number of aryl methyl sites for hydroxylation is 1. The molecule has 1 aromatic heterocycles. The molecule has 0 saturated carbocycles. The number of hydrogen-bond donors (Lipinski definition) is 1. The van der Waals surface area contributed by atoms with Gasteiger partial charge >= 0.3 is 0 Å². The Morgan fingerprint density at radius 2 is 2.20 bits per heavy atom. The first-order valence-electron chi connectivity index (χ1n) is 6.85. The summed E-state index contributed by atoms with van der Waals surface area (Å²) in [6.07, 6.45) is 4.34. The molecule has 0 saturated heterocycles. The third-order valence-corrected chi connectivity index (χ3v) is 3.82. The summed E-state index contributed by atoms with van der Waals surface area (Å²) in [6, 6.07) is 8.26. The number of nitrogens with one attached hydrogen (secondary N) is 1. The number of nitrogens with zero attached hydrogens (tertiary/aromatic N) is 1. The summed E-state index contributed by atoms with van der Waals surface area (Å²) in [4.78, 5) is 15.8. The molecule has 2 aliphatic rings. The first kappa shape index (κ1) is 11.5. The zero-order valence-electron chi connectivity index (χ0n) is 11.0. The molecule has 0 spiro atoms. The number of aromatic nitrogens is 1. The van der Waals surface area contributed by atoms with Crippen LogP contribution in [0.3, 0.4) is 0 Å². The minimum atomic E-state index is 0.0102. The van der Waals surface area contributed by atoms with Crippen molar-refractivity contribution >= 4 is 11.7 Å². The highest BCUT2D eigenvalue weighted by Crippen LogP contribution is 2.37. The van der Waals surface area contributed by atoms with E-state index in [0.717, 1.165) is 41.9 Å². The summed E-state index contributed by atoms with van der Waals surface area (Å²) < 4.78 is 5.84. The fourth-order valence-electron chi connectivity index (χ4n) is 2.87. The zero-order valence-corrected chi connectivity index (χ0v) is 11.0. The van der Waals surface area contributed by atoms with Gasteiger partial charge < -0.3 is 10.1 Å². The van der Waals surface area contributed by atoms with Gasteiger partial charge in [-0.2, -0.15) is 0 Å². The van der Waals surface area contributed by atoms with Crippen molar-refractivity contribution in [3.05, 3.63) is 41.6 Å². The van der Waals surface area contributed by atoms with Crippen LogP contribution >= 0.6 is 0 Å². The van der Waals surface area contributed by atoms with Crippen LogP contribution in [-0.2, 0) is 17.6 Å². The number of carbonyl (C=O) groups is 1. The van der Waals surface area contributed by atoms with Crippen LogP contribution in [0.4, 0.5) is 5.82 Å². The van der Waals surface area contributed by atoms with E-state index in [1.54, 1.807) is 6.20 Å². The van der Waals surface area contributed by atoms with Crippen molar-refractivity contribution < 1.29 is 9.53 Å². The number of pyridine rings is 1. The molecule has 1 N–H and O–H groups in total. The monoisotopic (exact) mass is 266 g/mol. The number of anilines is 1. The average molecular weight is 266 g/mol. The molecule has 4 rings (SSSR count). The third-order valence-electron chi connectivity index (χ3n) is 3.82. The number of benzene rings is 1. The second-order valence-corrected chi connectivity index (χ2v) is 5.20. The van der Waals surface area contributed by atoms with E-state index in [1.807, 2.05) is 6.07 Å². The minimum Gasteiger partial charge on any atom is -0.493 e. The largest absolute Gasteiger partial charge is 0.493 e. The van der Waals surface area contributed by atoms with E-state index in [0.29, 0.717) is 12.2 Å². The Morgan fingerprint density at radius 3 is 3.15 bits per heavy atom. The molecule has 4 nitrogen and oxygen atoms in total. The zero-order chi connectivity index (χ0) is 13.5. The number of ether oxygens (including phenoxy) is 1. The lowest BCUT2D eigenvalue weighted by atomic mass is 9.97. The molecule has 3 heterocycles. The summed E-state index contributed by atoms with van der Waals surface area (Å²) in [7, 11) is 0. The molecule has 2 aliphatic heterocycles. The van der Waals surface area contributed by atoms with Gasteiger partial charge in [0.15, 0.2) is 0 Å². The molecule has 1 aromatic carbocycles. The van der Waals surface area contributed by atoms with Gasteiger partial charge in [0, 0.05) is 22.9 Å². The molecule has 0 fully saturated rings. The molecular formula is C16H14N2O2. The molecule has 20 heavy (non-hydrogen) atoms. The molecule has 0 radical (unpaired) electrons. The third kappa shape index (κ3) is 1.76. The van der Waals surface area contributed by atoms with Crippen LogP contribution in [0.1, 0.15) is 17.5 Å². The molecule has 0 bridgehead atoms. The second-order valence-electron chi connectivity index (χ2n) is 5.20. The fraction of sp³-hybridized carbons (Fsp3) is 0.250. The number of amides is 1. The number of hydrogen-bond acceptors (Lipinski definition) is 3. The summed E-state index contributed by atoms with van der Waals surface area (Å²) in [6.45, 7) is 0.766. The summed E-state index contributed by atoms with van der Waals surface area (Å²) in [5.41, 5.74) is 4.29. The first-order valence-corrected chi connectivity index (χ1v) is 6.85. The Hall–Kier alpha value is -2.36. The molecule has 2 aromatic rings. The van der Waals surface area contributed by atoms with Gasteiger partial charge in [-0.1, -0.05) is 18.2 Å². The van der Waals surface area contributed by atoms with Gasteiger partial charge in [-0.15, -0.1) is 0 Å². The number of fused-ring (bicyclic) bond motifs is 2. The van der Waals surface area contributed by atoms with Gasteiger partial charge in [-0.05, 0) is 24.5 Å². The lowest BCUT2D eigenvalue weighted by molar-refractivity contribution is -0.115. The van der Waals surface area contributed by atoms with Crippen molar-refractivity contribution in [1.29, 1.82) is 0 Å². The second kappa shape index (κ2) is 4.34. The van der Waals surface area contributed by atoms with E-state index in [9.17, 15) is 4.79 Å². The van der Waals surface area contributed by atoms with Crippen LogP contribution in [0.5, 0.6) is 5.75 Å². The Morgan fingerprint density at radius 1 is 1.25 bits per heavy atom. The van der Waals surface area contributed by atoms with E-state index in [-0.39, 0.29) is 5.91 Å². The van der Waals surface area contributed by atoms with Crippen molar-refractivity contribution in [3.8, 4) is 16.9 Å². The quantitative estimate of drug-likeness (QED) is 0.863. The lowest BCUT2D eigenvalue weighted by Gasteiger charge is -2.20. The number of rotatable bonds is 1. The average Bonchev–Trinajstić information content (AvgIpc) is 2.85. The van der Waals surface area contributed by atoms with Gasteiger partial charge in [-0.25, -0.2) is 4.98 Å². The maximum absolute atomic E-state index is 11.4. The van der Waals surface area contributed by atoms with E-state index in [4.69, 9.17) is 4.74 Å².